The normalized spacial score (nSPS) is 21.2. The first-order chi connectivity index (χ1) is 7.22. The van der Waals surface area contributed by atoms with Gasteiger partial charge in [-0.3, -0.25) is 0 Å². The molecule has 0 amide bonds. The van der Waals surface area contributed by atoms with Gasteiger partial charge in [-0.05, 0) is 51.4 Å². The van der Waals surface area contributed by atoms with Gasteiger partial charge in [-0.15, -0.1) is 6.58 Å². The van der Waals surface area contributed by atoms with Gasteiger partial charge < -0.3 is 0 Å². The fourth-order valence-corrected chi connectivity index (χ4v) is 2.09. The van der Waals surface area contributed by atoms with Crippen molar-refractivity contribution in [3.05, 3.63) is 36.0 Å². The predicted octanol–water partition coefficient (Wildman–Crippen LogP) is 5.04. The Labute approximate surface area is 94.8 Å². The van der Waals surface area contributed by atoms with Crippen molar-refractivity contribution in [1.29, 1.82) is 0 Å². The van der Waals surface area contributed by atoms with Crippen molar-refractivity contribution in [3.63, 3.8) is 0 Å². The molecule has 0 radical (unpaired) electrons. The summed E-state index contributed by atoms with van der Waals surface area (Å²) in [5, 5.41) is 0. The van der Waals surface area contributed by atoms with Gasteiger partial charge in [0.15, 0.2) is 0 Å². The number of rotatable bonds is 5. The maximum atomic E-state index is 3.76. The summed E-state index contributed by atoms with van der Waals surface area (Å²) in [4.78, 5) is 0. The fraction of sp³-hybridized carbons (Fsp3) is 0.600. The van der Waals surface area contributed by atoms with E-state index in [0.717, 1.165) is 12.3 Å². The monoisotopic (exact) mass is 204 g/mol. The smallest absolute Gasteiger partial charge is 0.0136 e. The van der Waals surface area contributed by atoms with Crippen LogP contribution in [0.2, 0.25) is 0 Å². The maximum absolute atomic E-state index is 3.76. The van der Waals surface area contributed by atoms with Gasteiger partial charge in [0.2, 0.25) is 0 Å². The average molecular weight is 204 g/mol. The lowest BCUT2D eigenvalue weighted by Crippen LogP contribution is -1.97. The third kappa shape index (κ3) is 5.01. The summed E-state index contributed by atoms with van der Waals surface area (Å²) in [7, 11) is 0. The van der Waals surface area contributed by atoms with Crippen molar-refractivity contribution < 1.29 is 0 Å². The summed E-state index contributed by atoms with van der Waals surface area (Å²) in [5.74, 6) is 0.742. The SMILES string of the molecule is C=CCCCC(C)C=C1CC=C(C)CC1. The Kier molecular flexibility index (Phi) is 5.45. The predicted molar refractivity (Wildman–Crippen MR) is 68.9 cm³/mol. The molecule has 0 aromatic heterocycles. The van der Waals surface area contributed by atoms with E-state index in [1.807, 2.05) is 6.08 Å². The van der Waals surface area contributed by atoms with Crippen LogP contribution in [-0.4, -0.2) is 0 Å². The fourth-order valence-electron chi connectivity index (χ4n) is 2.09. The lowest BCUT2D eigenvalue weighted by Gasteiger charge is -2.15. The molecule has 15 heavy (non-hydrogen) atoms. The summed E-state index contributed by atoms with van der Waals surface area (Å²) in [5.41, 5.74) is 3.21. The Balaban J connectivity index is 2.32. The second-order valence-electron chi connectivity index (χ2n) is 4.78. The molecular weight excluding hydrogens is 180 g/mol. The highest BCUT2D eigenvalue weighted by atomic mass is 14.1. The van der Waals surface area contributed by atoms with E-state index in [1.165, 1.54) is 32.1 Å². The molecule has 0 aromatic rings. The van der Waals surface area contributed by atoms with Crippen molar-refractivity contribution in [2.75, 3.05) is 0 Å². The summed E-state index contributed by atoms with van der Waals surface area (Å²) in [6.45, 7) is 8.33. The maximum Gasteiger partial charge on any atom is -0.0136 e. The van der Waals surface area contributed by atoms with Crippen LogP contribution in [-0.2, 0) is 0 Å². The molecule has 0 aromatic carbocycles. The minimum atomic E-state index is 0.742. The zero-order chi connectivity index (χ0) is 11.1. The standard InChI is InChI=1S/C15H24/c1-4-5-6-7-14(3)12-15-10-8-13(2)9-11-15/h4,8,12,14H,1,5-7,9-11H2,2-3H3. The molecule has 84 valence electrons. The molecule has 0 spiro atoms. The second-order valence-corrected chi connectivity index (χ2v) is 4.78. The van der Waals surface area contributed by atoms with Crippen LogP contribution in [0.15, 0.2) is 36.0 Å². The molecule has 0 aliphatic heterocycles. The van der Waals surface area contributed by atoms with Gasteiger partial charge in [0.25, 0.3) is 0 Å². The van der Waals surface area contributed by atoms with E-state index >= 15 is 0 Å². The van der Waals surface area contributed by atoms with Crippen LogP contribution in [0.5, 0.6) is 0 Å². The molecule has 0 saturated carbocycles. The van der Waals surface area contributed by atoms with Gasteiger partial charge >= 0.3 is 0 Å². The third-order valence-corrected chi connectivity index (χ3v) is 3.14. The molecule has 1 atom stereocenters. The van der Waals surface area contributed by atoms with Gasteiger partial charge in [-0.2, -0.15) is 0 Å². The molecule has 0 saturated heterocycles. The molecule has 1 aliphatic rings. The largest absolute Gasteiger partial charge is 0.103 e. The van der Waals surface area contributed by atoms with Crippen LogP contribution in [0.25, 0.3) is 0 Å². The van der Waals surface area contributed by atoms with Crippen molar-refractivity contribution in [2.45, 2.75) is 52.4 Å². The van der Waals surface area contributed by atoms with E-state index in [1.54, 1.807) is 11.1 Å². The Hall–Kier alpha value is -0.780. The Morgan fingerprint density at radius 2 is 2.27 bits per heavy atom. The zero-order valence-corrected chi connectivity index (χ0v) is 10.3. The molecule has 1 unspecified atom stereocenters. The number of hydrogen-bond donors (Lipinski definition) is 0. The Bertz CT molecular complexity index is 255. The van der Waals surface area contributed by atoms with E-state index < -0.39 is 0 Å². The summed E-state index contributed by atoms with van der Waals surface area (Å²) < 4.78 is 0. The summed E-state index contributed by atoms with van der Waals surface area (Å²) in [6.07, 6.45) is 14.4. The highest BCUT2D eigenvalue weighted by Gasteiger charge is 2.06. The molecule has 0 heteroatoms. The zero-order valence-electron chi connectivity index (χ0n) is 10.3. The van der Waals surface area contributed by atoms with Gasteiger partial charge in [0.05, 0.1) is 0 Å². The Morgan fingerprint density at radius 1 is 1.47 bits per heavy atom. The van der Waals surface area contributed by atoms with E-state index in [4.69, 9.17) is 0 Å². The van der Waals surface area contributed by atoms with Gasteiger partial charge in [0.1, 0.15) is 0 Å². The van der Waals surface area contributed by atoms with Crippen molar-refractivity contribution >= 4 is 0 Å². The van der Waals surface area contributed by atoms with E-state index in [0.29, 0.717) is 0 Å². The third-order valence-electron chi connectivity index (χ3n) is 3.14. The van der Waals surface area contributed by atoms with Crippen LogP contribution < -0.4 is 0 Å². The van der Waals surface area contributed by atoms with E-state index in [9.17, 15) is 0 Å². The molecule has 0 nitrogen and oxygen atoms in total. The van der Waals surface area contributed by atoms with Crippen LogP contribution in [0.3, 0.4) is 0 Å². The highest BCUT2D eigenvalue weighted by molar-refractivity contribution is 5.18. The first kappa shape index (κ1) is 12.3. The second kappa shape index (κ2) is 6.66. The minimum absolute atomic E-state index is 0.742. The Morgan fingerprint density at radius 3 is 2.87 bits per heavy atom. The molecule has 0 heterocycles. The van der Waals surface area contributed by atoms with E-state index in [2.05, 4.69) is 32.6 Å². The first-order valence-corrected chi connectivity index (χ1v) is 6.18. The lowest BCUT2D eigenvalue weighted by molar-refractivity contribution is 0.604. The molecule has 0 bridgehead atoms. The van der Waals surface area contributed by atoms with Gasteiger partial charge in [-0.1, -0.05) is 36.3 Å². The number of hydrogen-bond acceptors (Lipinski definition) is 0. The number of unbranched alkanes of at least 4 members (excludes halogenated alkanes) is 1. The van der Waals surface area contributed by atoms with Crippen LogP contribution in [0.4, 0.5) is 0 Å². The van der Waals surface area contributed by atoms with Gasteiger partial charge in [-0.25, -0.2) is 0 Å². The van der Waals surface area contributed by atoms with Crippen LogP contribution >= 0.6 is 0 Å². The summed E-state index contributed by atoms with van der Waals surface area (Å²) in [6, 6.07) is 0. The molecule has 0 fully saturated rings. The first-order valence-electron chi connectivity index (χ1n) is 6.18. The molecular formula is C15H24. The molecule has 1 aliphatic carbocycles. The number of allylic oxidation sites excluding steroid dienone is 5. The van der Waals surface area contributed by atoms with Crippen molar-refractivity contribution in [3.8, 4) is 0 Å². The van der Waals surface area contributed by atoms with Crippen molar-refractivity contribution in [1.82, 2.24) is 0 Å². The molecule has 0 N–H and O–H groups in total. The molecule has 1 rings (SSSR count). The van der Waals surface area contributed by atoms with Crippen LogP contribution in [0.1, 0.15) is 52.4 Å². The van der Waals surface area contributed by atoms with Crippen LogP contribution in [0, 0.1) is 5.92 Å². The topological polar surface area (TPSA) is 0 Å². The van der Waals surface area contributed by atoms with Crippen molar-refractivity contribution in [2.24, 2.45) is 5.92 Å². The quantitative estimate of drug-likeness (QED) is 0.435. The minimum Gasteiger partial charge on any atom is -0.103 e. The summed E-state index contributed by atoms with van der Waals surface area (Å²) >= 11 is 0. The highest BCUT2D eigenvalue weighted by Crippen LogP contribution is 2.24. The average Bonchev–Trinajstić information content (AvgIpc) is 2.22. The lowest BCUT2D eigenvalue weighted by atomic mass is 9.91. The van der Waals surface area contributed by atoms with E-state index in [-0.39, 0.29) is 0 Å². The van der Waals surface area contributed by atoms with Gasteiger partial charge in [0, 0.05) is 0 Å².